The fraction of sp³-hybridized carbons (Fsp3) is 0. The number of hydrogen-bond acceptors (Lipinski definition) is 0. The third kappa shape index (κ3) is 181000. The van der Waals surface area contributed by atoms with Gasteiger partial charge in [0.1, 0.15) is 0 Å². The van der Waals surface area contributed by atoms with Gasteiger partial charge in [0.15, 0.2) is 0 Å². The second kappa shape index (κ2) is 8.46. The summed E-state index contributed by atoms with van der Waals surface area (Å²) in [6.45, 7) is 0. The molecule has 0 fully saturated rings. The summed E-state index contributed by atoms with van der Waals surface area (Å²) in [6.07, 6.45) is 0. The Morgan fingerprint density at radius 2 is 0.116 bits per heavy atom. The van der Waals surface area contributed by atoms with Crippen LogP contribution in [-0.4, -0.2) is 51.8 Å². The second-order valence-electron chi connectivity index (χ2n) is 6.43. The Labute approximate surface area is 220 Å². The first-order chi connectivity index (χ1) is 14.7. The molecule has 288 valence electrons. The van der Waals surface area contributed by atoms with Crippen LogP contribution in [0.4, 0.5) is 148 Å². The van der Waals surface area contributed by atoms with Gasteiger partial charge in [-0.1, -0.05) is 0 Å². The molecule has 0 aliphatic heterocycles. The third-order valence-electron chi connectivity index (χ3n) is 0. The number of halogens is 36. The van der Waals surface area contributed by atoms with E-state index in [0.717, 1.165) is 0 Å². The second-order valence-corrected chi connectivity index (χ2v) is 19.3. The maximum absolute atomic E-state index is 10.8. The zero-order chi connectivity index (χ0) is 38.4. The van der Waals surface area contributed by atoms with Crippen molar-refractivity contribution in [1.29, 1.82) is 0 Å². The summed E-state index contributed by atoms with van der Waals surface area (Å²) in [7, 11) is -65.1. The molecule has 0 bridgehead atoms. The van der Waals surface area contributed by atoms with Crippen LogP contribution in [0.1, 0.15) is 0 Å². The van der Waals surface area contributed by atoms with Crippen LogP contribution in [-0.2, 0) is 19.5 Å². The average molecular weight is 918 g/mol. The van der Waals surface area contributed by atoms with Gasteiger partial charge in [-0.3, -0.25) is 0 Å². The summed E-state index contributed by atoms with van der Waals surface area (Å²) in [5.41, 5.74) is 0. The monoisotopic (exact) mass is 916 g/mol. The van der Waals surface area contributed by atoms with Crippen molar-refractivity contribution in [3.05, 3.63) is 0 Å². The predicted octanol–water partition coefficient (Wildman–Crippen LogP) is 12.8. The predicted molar refractivity (Wildman–Crippen MR) is 74.4 cm³/mol. The van der Waals surface area contributed by atoms with Gasteiger partial charge in [0.2, 0.25) is 0 Å². The summed E-state index contributed by atoms with van der Waals surface area (Å²) in [4.78, 5) is 0. The first-order valence-electron chi connectivity index (χ1n) is 6.80. The minimum atomic E-state index is -10.8. The van der Waals surface area contributed by atoms with Gasteiger partial charge in [0.05, 0.1) is 0 Å². The van der Waals surface area contributed by atoms with Crippen LogP contribution in [0, 0.1) is 0 Å². The van der Waals surface area contributed by atoms with Gasteiger partial charge in [0, 0.05) is 0 Å². The van der Waals surface area contributed by atoms with Crippen molar-refractivity contribution in [2.75, 3.05) is 0 Å². The van der Waals surface area contributed by atoms with E-state index in [1.54, 1.807) is 0 Å². The molecule has 0 saturated heterocycles. The van der Waals surface area contributed by atoms with E-state index < -0.39 is 51.8 Å². The molecule has 43 heteroatoms. The SMILES string of the molecule is F[Si-2](F)(F)(F)(F)F.F[Si-2](F)(F)(F)(F)F.F[Si-2](F)(F)(F)(F)F.F[Si-2](F)(F)(F)(F)F.F[Si-2](F)(F)(F)(F)F.F[Si-2](F)(F)(F)(F)F.[Zn+2]. The molecular formula is F36Si6Zn-10. The molecule has 0 saturated carbocycles. The van der Waals surface area contributed by atoms with Crippen LogP contribution in [0.2, 0.25) is 0 Å². The van der Waals surface area contributed by atoms with Crippen molar-refractivity contribution in [1.82, 2.24) is 0 Å². The molecule has 0 aliphatic carbocycles. The van der Waals surface area contributed by atoms with Crippen molar-refractivity contribution < 1.29 is 167 Å². The van der Waals surface area contributed by atoms with Crippen LogP contribution < -0.4 is 0 Å². The van der Waals surface area contributed by atoms with E-state index in [-0.39, 0.29) is 19.5 Å². The van der Waals surface area contributed by atoms with Crippen LogP contribution in [0.15, 0.2) is 0 Å². The molecule has 0 aromatic heterocycles. The van der Waals surface area contributed by atoms with Crippen molar-refractivity contribution in [2.45, 2.75) is 0 Å². The number of hydrogen-bond donors (Lipinski definition) is 0. The van der Waals surface area contributed by atoms with Gasteiger partial charge in [-0.15, -0.1) is 0 Å². The standard InChI is InChI=1S/6F6Si.Zn/c6*1-7(2,3,4,5)6;/q6*-2;+2. The van der Waals surface area contributed by atoms with Crippen LogP contribution in [0.3, 0.4) is 0 Å². The smallest absolute Gasteiger partial charge is 2.00 e. The van der Waals surface area contributed by atoms with Gasteiger partial charge >= 0.3 is 219 Å². The molecule has 0 heterocycles. The van der Waals surface area contributed by atoms with Crippen molar-refractivity contribution in [3.8, 4) is 0 Å². The first kappa shape index (κ1) is 58.0. The third-order valence-corrected chi connectivity index (χ3v) is 0. The minimum absolute atomic E-state index is 0. The molecule has 0 rings (SSSR count). The normalized spacial score (nSPS) is 22.6. The van der Waals surface area contributed by atoms with Crippen molar-refractivity contribution >= 4 is 51.8 Å². The molecule has 0 spiro atoms. The largest absolute Gasteiger partial charge is 2.00 e. The van der Waals surface area contributed by atoms with Crippen LogP contribution in [0.25, 0.3) is 0 Å². The zero-order valence-electron chi connectivity index (χ0n) is 17.3. The molecule has 0 amide bonds. The Morgan fingerprint density at radius 3 is 0.116 bits per heavy atom. The molecule has 0 atom stereocenters. The maximum Gasteiger partial charge on any atom is 2.00 e. The zero-order valence-corrected chi connectivity index (χ0v) is 26.3. The van der Waals surface area contributed by atoms with E-state index in [2.05, 4.69) is 0 Å². The quantitative estimate of drug-likeness (QED) is 0.129. The molecule has 0 unspecified atom stereocenters. The number of rotatable bonds is 0. The first-order valence-corrected chi connectivity index (χ1v) is 20.4. The molecule has 43 heavy (non-hydrogen) atoms. The molecule has 0 aliphatic rings. The summed E-state index contributed by atoms with van der Waals surface area (Å²) >= 11 is 0. The summed E-state index contributed by atoms with van der Waals surface area (Å²) in [6, 6.07) is 0. The summed E-state index contributed by atoms with van der Waals surface area (Å²) < 4.78 is 356. The minimum Gasteiger partial charge on any atom is 2.00 e. The molecule has 0 radical (unpaired) electrons. The van der Waals surface area contributed by atoms with Gasteiger partial charge in [-0.05, 0) is 0 Å². The molecule has 0 N–H and O–H groups in total. The van der Waals surface area contributed by atoms with Crippen LogP contribution >= 0.6 is 0 Å². The summed E-state index contributed by atoms with van der Waals surface area (Å²) in [5, 5.41) is 0. The Balaban J connectivity index is -0.0000000720. The van der Waals surface area contributed by atoms with Crippen molar-refractivity contribution in [2.24, 2.45) is 0 Å². The fourth-order valence-corrected chi connectivity index (χ4v) is 0. The Bertz CT molecular complexity index is 616. The van der Waals surface area contributed by atoms with E-state index in [4.69, 9.17) is 0 Å². The van der Waals surface area contributed by atoms with Crippen LogP contribution in [0.5, 0.6) is 0 Å². The van der Waals surface area contributed by atoms with E-state index in [0.29, 0.717) is 0 Å². The van der Waals surface area contributed by atoms with E-state index >= 15 is 0 Å². The molecule has 0 aromatic rings. The Morgan fingerprint density at radius 1 is 0.116 bits per heavy atom. The Kier molecular flexibility index (Phi) is 11.4. The molecular weight excluding hydrogens is 918 g/mol. The topological polar surface area (TPSA) is 0 Å². The summed E-state index contributed by atoms with van der Waals surface area (Å²) in [5.74, 6) is 0. The van der Waals surface area contributed by atoms with E-state index in [1.807, 2.05) is 0 Å². The maximum atomic E-state index is 9.88. The van der Waals surface area contributed by atoms with Gasteiger partial charge in [-0.2, -0.15) is 0 Å². The van der Waals surface area contributed by atoms with E-state index in [1.165, 1.54) is 0 Å². The average Bonchev–Trinajstić information content (AvgIpc) is 1.70. The molecule has 0 nitrogen and oxygen atoms in total. The van der Waals surface area contributed by atoms with E-state index in [9.17, 15) is 148 Å². The Hall–Kier alpha value is -0.595. The molecule has 0 aromatic carbocycles. The van der Waals surface area contributed by atoms with Gasteiger partial charge in [-0.25, -0.2) is 0 Å². The van der Waals surface area contributed by atoms with Gasteiger partial charge in [0.25, 0.3) is 0 Å². The fourth-order valence-electron chi connectivity index (χ4n) is 0. The van der Waals surface area contributed by atoms with Gasteiger partial charge < -0.3 is 0 Å². The van der Waals surface area contributed by atoms with Crippen molar-refractivity contribution in [3.63, 3.8) is 0 Å².